The first-order chi connectivity index (χ1) is 21.5. The molecule has 0 aromatic carbocycles. The minimum absolute atomic E-state index is 0. The Morgan fingerprint density at radius 3 is 0.711 bits per heavy atom. The fourth-order valence-electron chi connectivity index (χ4n) is 6.00. The van der Waals surface area contributed by atoms with E-state index in [0.717, 1.165) is 25.7 Å². The summed E-state index contributed by atoms with van der Waals surface area (Å²) in [5.74, 6) is -1.55. The third-order valence-electron chi connectivity index (χ3n) is 8.98. The van der Waals surface area contributed by atoms with Crippen molar-refractivity contribution in [3.8, 4) is 0 Å². The van der Waals surface area contributed by atoms with E-state index in [1.165, 1.54) is 193 Å². The van der Waals surface area contributed by atoms with E-state index in [-0.39, 0.29) is 36.0 Å². The number of carboxylic acid groups (broad SMARTS) is 2. The van der Waals surface area contributed by atoms with Gasteiger partial charge in [0.2, 0.25) is 0 Å². The molecule has 0 saturated carbocycles. The maximum atomic E-state index is 10.4. The molecule has 0 amide bonds. The van der Waals surface area contributed by atoms with Crippen LogP contribution in [0.5, 0.6) is 0 Å². The van der Waals surface area contributed by atoms with Crippen LogP contribution in [0.3, 0.4) is 0 Å². The first-order valence-corrected chi connectivity index (χ1v) is 20.0. The SMILES string of the molecule is CCCCCCCCCCCCCCCCCCCC(=O)O.CCCCCCCCCCCCCCCCCCCC(=O)[O-].[Na+]. The van der Waals surface area contributed by atoms with E-state index in [4.69, 9.17) is 5.11 Å². The van der Waals surface area contributed by atoms with Crippen molar-refractivity contribution in [3.63, 3.8) is 0 Å². The van der Waals surface area contributed by atoms with Crippen LogP contribution in [0.15, 0.2) is 0 Å². The molecule has 0 radical (unpaired) electrons. The molecule has 0 aliphatic rings. The second kappa shape index (κ2) is 46.1. The largest absolute Gasteiger partial charge is 1.00 e. The van der Waals surface area contributed by atoms with Gasteiger partial charge in [0, 0.05) is 12.4 Å². The molecule has 0 aliphatic heterocycles. The Labute approximate surface area is 304 Å². The second-order valence-corrected chi connectivity index (χ2v) is 13.6. The molecule has 5 heteroatoms. The summed E-state index contributed by atoms with van der Waals surface area (Å²) in [4.78, 5) is 20.6. The molecule has 4 nitrogen and oxygen atoms in total. The quantitative estimate of drug-likeness (QED) is 0.0543. The minimum atomic E-state index is -0.902. The number of hydrogen-bond acceptors (Lipinski definition) is 3. The molecular weight excluding hydrogens is 567 g/mol. The van der Waals surface area contributed by atoms with E-state index in [9.17, 15) is 14.7 Å². The van der Waals surface area contributed by atoms with Gasteiger partial charge in [-0.15, -0.1) is 0 Å². The number of carboxylic acids is 2. The Morgan fingerprint density at radius 2 is 0.533 bits per heavy atom. The Bertz CT molecular complexity index is 506. The van der Waals surface area contributed by atoms with Crippen LogP contribution < -0.4 is 34.7 Å². The summed E-state index contributed by atoms with van der Waals surface area (Å²) < 4.78 is 0. The van der Waals surface area contributed by atoms with Crippen molar-refractivity contribution in [3.05, 3.63) is 0 Å². The predicted octanol–water partition coefficient (Wildman–Crippen LogP) is 9.89. The van der Waals surface area contributed by atoms with Gasteiger partial charge in [0.05, 0.1) is 0 Å². The molecule has 0 unspecified atom stereocenters. The first-order valence-electron chi connectivity index (χ1n) is 20.0. The van der Waals surface area contributed by atoms with Crippen molar-refractivity contribution in [1.29, 1.82) is 0 Å². The summed E-state index contributed by atoms with van der Waals surface area (Å²) in [6.45, 7) is 4.55. The number of rotatable bonds is 36. The fourth-order valence-corrected chi connectivity index (χ4v) is 6.00. The van der Waals surface area contributed by atoms with Gasteiger partial charge in [-0.3, -0.25) is 4.79 Å². The monoisotopic (exact) mass is 647 g/mol. The van der Waals surface area contributed by atoms with Crippen LogP contribution in [0.4, 0.5) is 0 Å². The molecule has 0 spiro atoms. The van der Waals surface area contributed by atoms with E-state index in [1.807, 2.05) is 0 Å². The van der Waals surface area contributed by atoms with Crippen LogP contribution >= 0.6 is 0 Å². The molecule has 264 valence electrons. The smallest absolute Gasteiger partial charge is 0.550 e. The van der Waals surface area contributed by atoms with Crippen molar-refractivity contribution in [2.24, 2.45) is 0 Å². The van der Waals surface area contributed by atoms with Gasteiger partial charge >= 0.3 is 35.5 Å². The van der Waals surface area contributed by atoms with Crippen LogP contribution in [0.2, 0.25) is 0 Å². The number of hydrogen-bond donors (Lipinski definition) is 1. The molecule has 1 N–H and O–H groups in total. The topological polar surface area (TPSA) is 77.4 Å². The van der Waals surface area contributed by atoms with Gasteiger partial charge < -0.3 is 15.0 Å². The van der Waals surface area contributed by atoms with Crippen molar-refractivity contribution in [2.75, 3.05) is 0 Å². The minimum Gasteiger partial charge on any atom is -0.550 e. The molecule has 0 fully saturated rings. The van der Waals surface area contributed by atoms with Gasteiger partial charge in [0.25, 0.3) is 0 Å². The van der Waals surface area contributed by atoms with Crippen LogP contribution in [0.25, 0.3) is 0 Å². The molecule has 0 heterocycles. The van der Waals surface area contributed by atoms with Gasteiger partial charge in [-0.05, 0) is 19.3 Å². The summed E-state index contributed by atoms with van der Waals surface area (Å²) in [6, 6.07) is 0. The average molecular weight is 647 g/mol. The molecule has 0 aromatic rings. The van der Waals surface area contributed by atoms with E-state index >= 15 is 0 Å². The molecule has 0 aliphatic carbocycles. The van der Waals surface area contributed by atoms with Crippen molar-refractivity contribution in [1.82, 2.24) is 0 Å². The molecule has 0 bridgehead atoms. The molecular formula is C40H79NaO4. The molecule has 0 atom stereocenters. The van der Waals surface area contributed by atoms with Crippen LogP contribution in [0, 0.1) is 0 Å². The van der Waals surface area contributed by atoms with Gasteiger partial charge in [0.1, 0.15) is 0 Å². The number of unbranched alkanes of at least 4 members (excludes halogenated alkanes) is 32. The van der Waals surface area contributed by atoms with Crippen molar-refractivity contribution < 1.29 is 49.4 Å². The Morgan fingerprint density at radius 1 is 0.356 bits per heavy atom. The summed E-state index contributed by atoms with van der Waals surface area (Å²) >= 11 is 0. The number of carbonyl (C=O) groups excluding carboxylic acids is 1. The van der Waals surface area contributed by atoms with Crippen LogP contribution in [-0.4, -0.2) is 17.0 Å². The Balaban J connectivity index is -0.000000767. The van der Waals surface area contributed by atoms with Gasteiger partial charge in [-0.1, -0.05) is 219 Å². The Hall–Kier alpha value is -0.0600. The first kappa shape index (κ1) is 49.3. The summed E-state index contributed by atoms with van der Waals surface area (Å²) in [6.07, 6.45) is 45.9. The normalized spacial score (nSPS) is 10.7. The molecule has 0 aromatic heterocycles. The van der Waals surface area contributed by atoms with E-state index in [2.05, 4.69) is 13.8 Å². The molecule has 0 saturated heterocycles. The second-order valence-electron chi connectivity index (χ2n) is 13.6. The zero-order valence-electron chi connectivity index (χ0n) is 31.1. The average Bonchev–Trinajstić information content (AvgIpc) is 3.00. The summed E-state index contributed by atoms with van der Waals surface area (Å²) in [7, 11) is 0. The third kappa shape index (κ3) is 53.7. The van der Waals surface area contributed by atoms with E-state index in [1.54, 1.807) is 0 Å². The molecule has 0 rings (SSSR count). The number of aliphatic carboxylic acids is 2. The van der Waals surface area contributed by atoms with Gasteiger partial charge in [-0.25, -0.2) is 0 Å². The van der Waals surface area contributed by atoms with Crippen LogP contribution in [-0.2, 0) is 9.59 Å². The standard InChI is InChI=1S/2C20H40O2.Na/c2*1-2-3-4-5-6-7-8-9-10-11-12-13-14-15-16-17-18-19-20(21)22;/h2*2-19H2,1H3,(H,21,22);/q;;+1/p-1. The summed E-state index contributed by atoms with van der Waals surface area (Å²) in [5, 5.41) is 18.8. The maximum Gasteiger partial charge on any atom is 1.00 e. The zero-order valence-corrected chi connectivity index (χ0v) is 33.1. The van der Waals surface area contributed by atoms with Crippen molar-refractivity contribution >= 4 is 11.9 Å². The third-order valence-corrected chi connectivity index (χ3v) is 8.98. The summed E-state index contributed by atoms with van der Waals surface area (Å²) in [5.41, 5.74) is 0. The maximum absolute atomic E-state index is 10.4. The van der Waals surface area contributed by atoms with Crippen molar-refractivity contribution in [2.45, 2.75) is 245 Å². The van der Waals surface area contributed by atoms with E-state index < -0.39 is 11.9 Å². The fraction of sp³-hybridized carbons (Fsp3) is 0.950. The van der Waals surface area contributed by atoms with Crippen LogP contribution in [0.1, 0.15) is 245 Å². The number of carbonyl (C=O) groups is 2. The van der Waals surface area contributed by atoms with Gasteiger partial charge in [-0.2, -0.15) is 0 Å². The van der Waals surface area contributed by atoms with Gasteiger partial charge in [0.15, 0.2) is 0 Å². The molecule has 45 heavy (non-hydrogen) atoms. The zero-order chi connectivity index (χ0) is 32.6. The van der Waals surface area contributed by atoms with E-state index in [0.29, 0.717) is 6.42 Å². The Kier molecular flexibility index (Phi) is 50.5. The predicted molar refractivity (Wildman–Crippen MR) is 190 cm³/mol.